The molecule has 0 saturated heterocycles. The van der Waals surface area contributed by atoms with Gasteiger partial charge in [0.2, 0.25) is 0 Å². The number of benzene rings is 1. The van der Waals surface area contributed by atoms with Crippen molar-refractivity contribution in [1.82, 2.24) is 15.0 Å². The summed E-state index contributed by atoms with van der Waals surface area (Å²) in [6.45, 7) is 0. The number of hydrogen-bond donors (Lipinski definition) is 1. The highest BCUT2D eigenvalue weighted by molar-refractivity contribution is 6.03. The topological polar surface area (TPSA) is 73.8 Å². The molecule has 0 bridgehead atoms. The zero-order chi connectivity index (χ0) is 9.42. The van der Waals surface area contributed by atoms with E-state index in [1.807, 2.05) is 0 Å². The SMILES string of the molecule is Cn1nnc2cccc(C(N)=O)c21. The van der Waals surface area contributed by atoms with E-state index in [0.717, 1.165) is 0 Å². The quantitative estimate of drug-likeness (QED) is 0.668. The Bertz CT molecular complexity index is 474. The maximum Gasteiger partial charge on any atom is 0.250 e. The summed E-state index contributed by atoms with van der Waals surface area (Å²) >= 11 is 0. The highest BCUT2D eigenvalue weighted by Gasteiger charge is 2.10. The van der Waals surface area contributed by atoms with Crippen LogP contribution in [0.15, 0.2) is 18.2 Å². The fraction of sp³-hybridized carbons (Fsp3) is 0.125. The first-order chi connectivity index (χ1) is 6.20. The first-order valence-electron chi connectivity index (χ1n) is 3.78. The van der Waals surface area contributed by atoms with Crippen LogP contribution < -0.4 is 5.73 Å². The molecule has 0 atom stereocenters. The molecule has 2 N–H and O–H groups in total. The van der Waals surface area contributed by atoms with Gasteiger partial charge >= 0.3 is 0 Å². The largest absolute Gasteiger partial charge is 0.366 e. The van der Waals surface area contributed by atoms with Gasteiger partial charge < -0.3 is 5.73 Å². The van der Waals surface area contributed by atoms with E-state index in [-0.39, 0.29) is 0 Å². The van der Waals surface area contributed by atoms with Crippen LogP contribution in [0.4, 0.5) is 0 Å². The van der Waals surface area contributed by atoms with Gasteiger partial charge in [-0.05, 0) is 12.1 Å². The van der Waals surface area contributed by atoms with Gasteiger partial charge in [0, 0.05) is 7.05 Å². The molecule has 0 unspecified atom stereocenters. The number of carbonyl (C=O) groups is 1. The van der Waals surface area contributed by atoms with Crippen molar-refractivity contribution in [2.24, 2.45) is 12.8 Å². The highest BCUT2D eigenvalue weighted by atomic mass is 16.1. The average Bonchev–Trinajstić information content (AvgIpc) is 2.48. The number of rotatable bonds is 1. The van der Waals surface area contributed by atoms with Crippen molar-refractivity contribution in [2.75, 3.05) is 0 Å². The molecule has 13 heavy (non-hydrogen) atoms. The van der Waals surface area contributed by atoms with Crippen molar-refractivity contribution in [3.63, 3.8) is 0 Å². The van der Waals surface area contributed by atoms with Crippen molar-refractivity contribution >= 4 is 16.9 Å². The van der Waals surface area contributed by atoms with Crippen LogP contribution >= 0.6 is 0 Å². The molecule has 5 nitrogen and oxygen atoms in total. The summed E-state index contributed by atoms with van der Waals surface area (Å²) in [5.41, 5.74) is 7.00. The fourth-order valence-electron chi connectivity index (χ4n) is 1.31. The van der Waals surface area contributed by atoms with Gasteiger partial charge in [0.1, 0.15) is 11.0 Å². The minimum absolute atomic E-state index is 0.449. The Morgan fingerprint density at radius 2 is 2.31 bits per heavy atom. The summed E-state index contributed by atoms with van der Waals surface area (Å²) in [7, 11) is 1.72. The first-order valence-corrected chi connectivity index (χ1v) is 3.78. The molecule has 5 heteroatoms. The van der Waals surface area contributed by atoms with Crippen LogP contribution in [-0.4, -0.2) is 20.9 Å². The molecule has 0 aliphatic rings. The van der Waals surface area contributed by atoms with Gasteiger partial charge in [-0.25, -0.2) is 4.68 Å². The number of fused-ring (bicyclic) bond motifs is 1. The molecular formula is C8H8N4O. The number of nitrogens with two attached hydrogens (primary N) is 1. The fourth-order valence-corrected chi connectivity index (χ4v) is 1.31. The van der Waals surface area contributed by atoms with E-state index in [0.29, 0.717) is 16.6 Å². The van der Waals surface area contributed by atoms with Crippen LogP contribution in [0.5, 0.6) is 0 Å². The second-order valence-corrected chi connectivity index (χ2v) is 2.75. The predicted molar refractivity (Wildman–Crippen MR) is 47.0 cm³/mol. The van der Waals surface area contributed by atoms with Crippen molar-refractivity contribution in [3.8, 4) is 0 Å². The van der Waals surface area contributed by atoms with Crippen LogP contribution in [0.2, 0.25) is 0 Å². The summed E-state index contributed by atoms with van der Waals surface area (Å²) in [5.74, 6) is -0.462. The van der Waals surface area contributed by atoms with Gasteiger partial charge in [-0.2, -0.15) is 0 Å². The number of aryl methyl sites for hydroxylation is 1. The van der Waals surface area contributed by atoms with Crippen molar-refractivity contribution < 1.29 is 4.79 Å². The normalized spacial score (nSPS) is 10.5. The zero-order valence-electron chi connectivity index (χ0n) is 7.06. The van der Waals surface area contributed by atoms with Crippen LogP contribution in [0.25, 0.3) is 11.0 Å². The Hall–Kier alpha value is -1.91. The van der Waals surface area contributed by atoms with Crippen LogP contribution in [-0.2, 0) is 7.05 Å². The average molecular weight is 176 g/mol. The molecule has 2 aromatic rings. The molecular weight excluding hydrogens is 168 g/mol. The second-order valence-electron chi connectivity index (χ2n) is 2.75. The zero-order valence-corrected chi connectivity index (χ0v) is 7.06. The number of nitrogens with zero attached hydrogens (tertiary/aromatic N) is 3. The van der Waals surface area contributed by atoms with Gasteiger partial charge in [0.25, 0.3) is 5.91 Å². The number of primary amides is 1. The maximum absolute atomic E-state index is 11.0. The highest BCUT2D eigenvalue weighted by Crippen LogP contribution is 2.14. The smallest absolute Gasteiger partial charge is 0.250 e. The molecule has 0 aliphatic carbocycles. The molecule has 0 spiro atoms. The van der Waals surface area contributed by atoms with Gasteiger partial charge in [-0.3, -0.25) is 4.79 Å². The van der Waals surface area contributed by atoms with Crippen molar-refractivity contribution in [1.29, 1.82) is 0 Å². The minimum Gasteiger partial charge on any atom is -0.366 e. The molecule has 1 aromatic heterocycles. The Balaban J connectivity index is 2.88. The standard InChI is InChI=1S/C8H8N4O/c1-12-7-5(8(9)13)3-2-4-6(7)10-11-12/h2-4H,1H3,(H2,9,13). The van der Waals surface area contributed by atoms with E-state index >= 15 is 0 Å². The van der Waals surface area contributed by atoms with E-state index < -0.39 is 5.91 Å². The number of para-hydroxylation sites is 1. The first kappa shape index (κ1) is 7.72. The monoisotopic (exact) mass is 176 g/mol. The van der Waals surface area contributed by atoms with Crippen LogP contribution in [0, 0.1) is 0 Å². The van der Waals surface area contributed by atoms with Crippen molar-refractivity contribution in [2.45, 2.75) is 0 Å². The third-order valence-electron chi connectivity index (χ3n) is 1.89. The third-order valence-corrected chi connectivity index (χ3v) is 1.89. The molecule has 66 valence electrons. The molecule has 0 radical (unpaired) electrons. The van der Waals surface area contributed by atoms with Gasteiger partial charge in [0.05, 0.1) is 5.56 Å². The lowest BCUT2D eigenvalue weighted by Crippen LogP contribution is -2.12. The molecule has 0 fully saturated rings. The summed E-state index contributed by atoms with van der Waals surface area (Å²) in [6, 6.07) is 5.18. The summed E-state index contributed by atoms with van der Waals surface area (Å²) < 4.78 is 1.54. The Labute approximate surface area is 74.1 Å². The predicted octanol–water partition coefficient (Wildman–Crippen LogP) is 0.0672. The Kier molecular flexibility index (Phi) is 1.51. The maximum atomic E-state index is 11.0. The van der Waals surface area contributed by atoms with Crippen LogP contribution in [0.1, 0.15) is 10.4 Å². The lowest BCUT2D eigenvalue weighted by atomic mass is 10.2. The van der Waals surface area contributed by atoms with E-state index in [1.165, 1.54) is 4.68 Å². The van der Waals surface area contributed by atoms with E-state index in [9.17, 15) is 4.79 Å². The molecule has 1 aromatic carbocycles. The number of amides is 1. The van der Waals surface area contributed by atoms with E-state index in [2.05, 4.69) is 10.3 Å². The molecule has 0 saturated carbocycles. The summed E-state index contributed by atoms with van der Waals surface area (Å²) in [4.78, 5) is 11.0. The van der Waals surface area contributed by atoms with Gasteiger partial charge in [0.15, 0.2) is 0 Å². The molecule has 1 amide bonds. The molecule has 0 aliphatic heterocycles. The van der Waals surface area contributed by atoms with Crippen LogP contribution in [0.3, 0.4) is 0 Å². The Morgan fingerprint density at radius 1 is 1.54 bits per heavy atom. The van der Waals surface area contributed by atoms with Gasteiger partial charge in [-0.1, -0.05) is 11.3 Å². The van der Waals surface area contributed by atoms with Gasteiger partial charge in [-0.15, -0.1) is 5.10 Å². The number of aromatic nitrogens is 3. The lowest BCUT2D eigenvalue weighted by molar-refractivity contribution is 0.100. The van der Waals surface area contributed by atoms with E-state index in [4.69, 9.17) is 5.73 Å². The number of hydrogen-bond acceptors (Lipinski definition) is 3. The van der Waals surface area contributed by atoms with E-state index in [1.54, 1.807) is 25.2 Å². The molecule has 2 rings (SSSR count). The van der Waals surface area contributed by atoms with Crippen molar-refractivity contribution in [3.05, 3.63) is 23.8 Å². The molecule has 1 heterocycles. The minimum atomic E-state index is -0.462. The number of carbonyl (C=O) groups excluding carboxylic acids is 1. The Morgan fingerprint density at radius 3 is 3.00 bits per heavy atom. The summed E-state index contributed by atoms with van der Waals surface area (Å²) in [6.07, 6.45) is 0. The summed E-state index contributed by atoms with van der Waals surface area (Å²) in [5, 5.41) is 7.66. The lowest BCUT2D eigenvalue weighted by Gasteiger charge is -1.97. The third kappa shape index (κ3) is 1.05. The second kappa shape index (κ2) is 2.55.